The Balaban J connectivity index is 2.08. The first-order valence-corrected chi connectivity index (χ1v) is 9.81. The Labute approximate surface area is 132 Å². The van der Waals surface area contributed by atoms with Gasteiger partial charge in [0.15, 0.2) is 0 Å². The minimum Gasteiger partial charge on any atom is -0.259 e. The molecule has 0 radical (unpaired) electrons. The Morgan fingerprint density at radius 1 is 1.23 bits per heavy atom. The van der Waals surface area contributed by atoms with E-state index in [2.05, 4.69) is 4.98 Å². The Morgan fingerprint density at radius 2 is 2.00 bits per heavy atom. The van der Waals surface area contributed by atoms with Crippen molar-refractivity contribution in [2.75, 3.05) is 18.8 Å². The molecule has 2 aromatic rings. The molecule has 22 heavy (non-hydrogen) atoms. The molecule has 7 heteroatoms. The normalized spacial score (nSPS) is 22.7. The van der Waals surface area contributed by atoms with E-state index in [0.717, 1.165) is 0 Å². The van der Waals surface area contributed by atoms with Crippen LogP contribution in [0.15, 0.2) is 41.4 Å². The number of benzene rings is 1. The number of sulfonamides is 1. The van der Waals surface area contributed by atoms with Gasteiger partial charge in [0.05, 0.1) is 15.2 Å². The lowest BCUT2D eigenvalue weighted by Crippen LogP contribution is -2.51. The van der Waals surface area contributed by atoms with E-state index in [1.54, 1.807) is 36.5 Å². The van der Waals surface area contributed by atoms with Gasteiger partial charge in [-0.2, -0.15) is 4.31 Å². The van der Waals surface area contributed by atoms with Gasteiger partial charge >= 0.3 is 0 Å². The van der Waals surface area contributed by atoms with Crippen molar-refractivity contribution in [2.24, 2.45) is 0 Å². The topological polar surface area (TPSA) is 67.3 Å². The lowest BCUT2D eigenvalue weighted by atomic mass is 10.2. The van der Waals surface area contributed by atoms with E-state index >= 15 is 0 Å². The number of hydrogen-bond acceptors (Lipinski definition) is 4. The second-order valence-corrected chi connectivity index (χ2v) is 10.1. The Kier molecular flexibility index (Phi) is 3.82. The van der Waals surface area contributed by atoms with Crippen molar-refractivity contribution < 1.29 is 12.6 Å². The molecular weight excluding hydrogens is 320 g/mol. The molecule has 3 rings (SSSR count). The molecule has 1 saturated heterocycles. The van der Waals surface area contributed by atoms with Crippen molar-refractivity contribution in [3.8, 4) is 0 Å². The van der Waals surface area contributed by atoms with Crippen LogP contribution in [0.2, 0.25) is 0 Å². The summed E-state index contributed by atoms with van der Waals surface area (Å²) >= 11 is 0. The summed E-state index contributed by atoms with van der Waals surface area (Å²) < 4.78 is 38.9. The molecule has 1 fully saturated rings. The van der Waals surface area contributed by atoms with Crippen LogP contribution in [0.4, 0.5) is 0 Å². The third-order valence-corrected chi connectivity index (χ3v) is 7.74. The molecule has 5 nitrogen and oxygen atoms in total. The largest absolute Gasteiger partial charge is 0.259 e. The van der Waals surface area contributed by atoms with Crippen LogP contribution in [0.5, 0.6) is 0 Å². The molecule has 1 aliphatic rings. The van der Waals surface area contributed by atoms with E-state index in [1.165, 1.54) is 4.31 Å². The van der Waals surface area contributed by atoms with Gasteiger partial charge in [-0.15, -0.1) is 0 Å². The van der Waals surface area contributed by atoms with Gasteiger partial charge in [0.2, 0.25) is 10.0 Å². The summed E-state index contributed by atoms with van der Waals surface area (Å²) in [4.78, 5) is 4.47. The van der Waals surface area contributed by atoms with Crippen molar-refractivity contribution in [3.05, 3.63) is 36.5 Å². The summed E-state index contributed by atoms with van der Waals surface area (Å²) in [7, 11) is -4.63. The molecule has 2 heterocycles. The fraction of sp³-hybridized carbons (Fsp3) is 0.400. The second kappa shape index (κ2) is 5.40. The molecule has 0 spiro atoms. The zero-order valence-corrected chi connectivity index (χ0v) is 14.2. The molecule has 0 amide bonds. The highest BCUT2D eigenvalue weighted by atomic mass is 32.2. The van der Waals surface area contributed by atoms with E-state index in [-0.39, 0.29) is 18.0 Å². The van der Waals surface area contributed by atoms with E-state index in [1.807, 2.05) is 13.8 Å². The maximum Gasteiger partial charge on any atom is 0.243 e. The summed E-state index contributed by atoms with van der Waals surface area (Å²) in [6.45, 7) is 4.23. The number of aromatic nitrogens is 1. The number of pyridine rings is 1. The zero-order valence-electron chi connectivity index (χ0n) is 12.5. The van der Waals surface area contributed by atoms with Crippen LogP contribution in [0.3, 0.4) is 0 Å². The van der Waals surface area contributed by atoms with Gasteiger partial charge in [-0.05, 0) is 38.1 Å². The summed E-state index contributed by atoms with van der Waals surface area (Å²) in [6.07, 6.45) is 1.64. The van der Waals surface area contributed by atoms with Crippen LogP contribution in [0.1, 0.15) is 13.8 Å². The standard InChI is InChI=1S/C15H18N2O3S2/c1-15(2)11-17(9-10-21(15)18)22(19,20)14-7-3-6-13-12(14)5-4-8-16-13/h3-8H,9-11H2,1-2H3/t21-/m0/s1. The lowest BCUT2D eigenvalue weighted by Gasteiger charge is -2.36. The molecule has 1 aliphatic heterocycles. The average molecular weight is 338 g/mol. The van der Waals surface area contributed by atoms with Crippen molar-refractivity contribution in [1.29, 1.82) is 0 Å². The first kappa shape index (κ1) is 15.6. The van der Waals surface area contributed by atoms with Crippen LogP contribution in [0.25, 0.3) is 10.9 Å². The van der Waals surface area contributed by atoms with Gasteiger partial charge in [-0.25, -0.2) is 8.42 Å². The van der Waals surface area contributed by atoms with Crippen LogP contribution in [-0.4, -0.2) is 45.5 Å². The molecule has 0 unspecified atom stereocenters. The van der Waals surface area contributed by atoms with E-state index < -0.39 is 25.6 Å². The molecule has 1 aromatic carbocycles. The van der Waals surface area contributed by atoms with E-state index in [4.69, 9.17) is 0 Å². The van der Waals surface area contributed by atoms with Gasteiger partial charge in [-0.3, -0.25) is 9.19 Å². The monoisotopic (exact) mass is 338 g/mol. The van der Waals surface area contributed by atoms with Crippen molar-refractivity contribution in [3.63, 3.8) is 0 Å². The molecular formula is C15H18N2O3S2. The summed E-state index contributed by atoms with van der Waals surface area (Å²) in [5.41, 5.74) is 0.656. The van der Waals surface area contributed by atoms with E-state index in [9.17, 15) is 12.6 Å². The molecule has 0 saturated carbocycles. The van der Waals surface area contributed by atoms with Gasteiger partial charge in [0.25, 0.3) is 0 Å². The average Bonchev–Trinajstić information content (AvgIpc) is 2.49. The smallest absolute Gasteiger partial charge is 0.243 e. The molecule has 1 atom stereocenters. The van der Waals surface area contributed by atoms with Crippen LogP contribution in [-0.2, 0) is 20.8 Å². The fourth-order valence-electron chi connectivity index (χ4n) is 2.68. The Bertz CT molecular complexity index is 841. The highest BCUT2D eigenvalue weighted by Gasteiger charge is 2.39. The molecule has 0 aliphatic carbocycles. The number of fused-ring (bicyclic) bond motifs is 1. The molecule has 1 aromatic heterocycles. The van der Waals surface area contributed by atoms with Crippen LogP contribution >= 0.6 is 0 Å². The maximum absolute atomic E-state index is 13.0. The van der Waals surface area contributed by atoms with Gasteiger partial charge in [0, 0.05) is 41.2 Å². The van der Waals surface area contributed by atoms with E-state index in [0.29, 0.717) is 16.7 Å². The zero-order chi connectivity index (χ0) is 16.0. The van der Waals surface area contributed by atoms with Gasteiger partial charge < -0.3 is 0 Å². The first-order chi connectivity index (χ1) is 10.3. The third-order valence-electron chi connectivity index (χ3n) is 3.92. The highest BCUT2D eigenvalue weighted by molar-refractivity contribution is 7.90. The Morgan fingerprint density at radius 3 is 2.73 bits per heavy atom. The molecule has 118 valence electrons. The number of hydrogen-bond donors (Lipinski definition) is 0. The minimum atomic E-state index is -3.62. The van der Waals surface area contributed by atoms with Crippen molar-refractivity contribution in [2.45, 2.75) is 23.5 Å². The third kappa shape index (κ3) is 2.57. The molecule has 0 bridgehead atoms. The van der Waals surface area contributed by atoms with Crippen molar-refractivity contribution >= 4 is 31.7 Å². The predicted molar refractivity (Wildman–Crippen MR) is 87.6 cm³/mol. The summed E-state index contributed by atoms with van der Waals surface area (Å²) in [5.74, 6) is 0.370. The predicted octanol–water partition coefficient (Wildman–Crippen LogP) is 1.77. The first-order valence-electron chi connectivity index (χ1n) is 7.05. The summed E-state index contributed by atoms with van der Waals surface area (Å²) in [6, 6.07) is 8.61. The fourth-order valence-corrected chi connectivity index (χ4v) is 5.92. The maximum atomic E-state index is 13.0. The second-order valence-electron chi connectivity index (χ2n) is 5.97. The minimum absolute atomic E-state index is 0.262. The van der Waals surface area contributed by atoms with Crippen LogP contribution in [0, 0.1) is 0 Å². The van der Waals surface area contributed by atoms with Gasteiger partial charge in [0.1, 0.15) is 0 Å². The summed E-state index contributed by atoms with van der Waals surface area (Å²) in [5, 5.41) is 0.620. The number of nitrogens with zero attached hydrogens (tertiary/aromatic N) is 2. The Hall–Kier alpha value is -1.31. The SMILES string of the molecule is CC1(C)CN(S(=O)(=O)c2cccc3ncccc23)CC[S@@]1=O. The van der Waals surface area contributed by atoms with Crippen LogP contribution < -0.4 is 0 Å². The highest BCUT2D eigenvalue weighted by Crippen LogP contribution is 2.29. The quantitative estimate of drug-likeness (QED) is 0.837. The van der Waals surface area contributed by atoms with Crippen molar-refractivity contribution in [1.82, 2.24) is 9.29 Å². The van der Waals surface area contributed by atoms with Gasteiger partial charge in [-0.1, -0.05) is 6.07 Å². The molecule has 0 N–H and O–H groups in total. The lowest BCUT2D eigenvalue weighted by molar-refractivity contribution is 0.379. The number of rotatable bonds is 2.